The highest BCUT2D eigenvalue weighted by atomic mass is 16.6. The average Bonchev–Trinajstić information content (AvgIpc) is 3.41. The van der Waals surface area contributed by atoms with Crippen molar-refractivity contribution in [2.24, 2.45) is 5.10 Å². The number of hydrazone groups is 1. The fourth-order valence-corrected chi connectivity index (χ4v) is 4.62. The molecule has 180 valence electrons. The van der Waals surface area contributed by atoms with Gasteiger partial charge in [-0.05, 0) is 62.1 Å². The zero-order chi connectivity index (χ0) is 24.2. The number of carbonyl (C=O) groups is 1. The van der Waals surface area contributed by atoms with E-state index in [2.05, 4.69) is 55.1 Å². The van der Waals surface area contributed by atoms with Crippen LogP contribution in [0.3, 0.4) is 0 Å². The van der Waals surface area contributed by atoms with Crippen LogP contribution < -0.4 is 11.2 Å². The summed E-state index contributed by atoms with van der Waals surface area (Å²) >= 11 is 0. The van der Waals surface area contributed by atoms with Crippen molar-refractivity contribution in [3.63, 3.8) is 0 Å². The lowest BCUT2D eigenvalue weighted by atomic mass is 9.94. The van der Waals surface area contributed by atoms with Crippen LogP contribution >= 0.6 is 0 Å². The Morgan fingerprint density at radius 1 is 1.24 bits per heavy atom. The predicted molar refractivity (Wildman–Crippen MR) is 128 cm³/mol. The Balaban J connectivity index is 1.58. The van der Waals surface area contributed by atoms with Gasteiger partial charge in [-0.3, -0.25) is 9.69 Å². The van der Waals surface area contributed by atoms with Gasteiger partial charge < -0.3 is 5.73 Å². The first kappa shape index (κ1) is 23.6. The van der Waals surface area contributed by atoms with Crippen molar-refractivity contribution < 1.29 is 9.42 Å². The van der Waals surface area contributed by atoms with Crippen molar-refractivity contribution in [3.05, 3.63) is 45.8 Å². The number of anilines is 1. The van der Waals surface area contributed by atoms with Crippen LogP contribution in [-0.2, 0) is 6.54 Å². The number of rotatable bonds is 7. The smallest absolute Gasteiger partial charge is 0.293 e. The zero-order valence-electron chi connectivity index (χ0n) is 20.1. The molecule has 11 heteroatoms. The molecule has 1 aliphatic rings. The van der Waals surface area contributed by atoms with E-state index in [0.29, 0.717) is 18.3 Å². The summed E-state index contributed by atoms with van der Waals surface area (Å²) < 4.78 is 6.15. The maximum absolute atomic E-state index is 13.1. The van der Waals surface area contributed by atoms with Gasteiger partial charge in [0.05, 0.1) is 11.9 Å². The van der Waals surface area contributed by atoms with Gasteiger partial charge in [0, 0.05) is 18.2 Å². The predicted octanol–water partition coefficient (Wildman–Crippen LogP) is 2.69. The summed E-state index contributed by atoms with van der Waals surface area (Å²) in [7, 11) is 2.04. The van der Waals surface area contributed by atoms with Crippen LogP contribution in [0.4, 0.5) is 5.82 Å². The molecule has 4 rings (SSSR count). The fourth-order valence-electron chi connectivity index (χ4n) is 4.62. The van der Waals surface area contributed by atoms with Crippen molar-refractivity contribution in [3.8, 4) is 5.82 Å². The van der Waals surface area contributed by atoms with Crippen molar-refractivity contribution in [2.75, 3.05) is 12.8 Å². The lowest BCUT2D eigenvalue weighted by molar-refractivity contribution is 0.0947. The number of amides is 1. The number of aromatic nitrogens is 5. The quantitative estimate of drug-likeness (QED) is 0.401. The Morgan fingerprint density at radius 2 is 1.94 bits per heavy atom. The monoisotopic (exact) mass is 465 g/mol. The van der Waals surface area contributed by atoms with E-state index in [9.17, 15) is 4.79 Å². The Labute approximate surface area is 198 Å². The molecule has 2 heterocycles. The van der Waals surface area contributed by atoms with Gasteiger partial charge in [-0.25, -0.2) is 10.1 Å². The van der Waals surface area contributed by atoms with Gasteiger partial charge in [-0.15, -0.1) is 5.10 Å². The topological polar surface area (TPSA) is 140 Å². The molecule has 2 aromatic heterocycles. The molecule has 0 atom stereocenters. The van der Waals surface area contributed by atoms with Crippen LogP contribution in [0.5, 0.6) is 0 Å². The summed E-state index contributed by atoms with van der Waals surface area (Å²) in [5.41, 5.74) is 13.5. The molecule has 0 unspecified atom stereocenters. The normalized spacial score (nSPS) is 14.9. The largest absolute Gasteiger partial charge is 0.378 e. The molecule has 1 amide bonds. The molecule has 0 aliphatic heterocycles. The molecule has 3 N–H and O–H groups in total. The van der Waals surface area contributed by atoms with Gasteiger partial charge in [0.25, 0.3) is 5.91 Å². The first-order chi connectivity index (χ1) is 16.3. The second-order valence-corrected chi connectivity index (χ2v) is 8.99. The van der Waals surface area contributed by atoms with E-state index in [4.69, 9.17) is 10.4 Å². The highest BCUT2D eigenvalue weighted by Gasteiger charge is 2.27. The van der Waals surface area contributed by atoms with E-state index in [1.54, 1.807) is 6.21 Å². The summed E-state index contributed by atoms with van der Waals surface area (Å²) in [6.45, 7) is 6.52. The summed E-state index contributed by atoms with van der Waals surface area (Å²) in [5, 5.41) is 19.9. The Morgan fingerprint density at radius 3 is 2.59 bits per heavy atom. The van der Waals surface area contributed by atoms with E-state index in [1.807, 2.05) is 20.9 Å². The highest BCUT2D eigenvalue weighted by Crippen LogP contribution is 2.24. The van der Waals surface area contributed by atoms with Gasteiger partial charge >= 0.3 is 0 Å². The standard InChI is InChI=1S/C23H31N9O2/c1-14-10-15(2)18(16(3)11-14)12-25-27-23(33)20-19(13-31(4)17-8-6-5-7-9-17)32(30-26-20)22-21(24)28-34-29-22/h10-12,17H,5-9,13H2,1-4H3,(H2,24,28)(H,27,33)/b25-12-. The maximum atomic E-state index is 13.1. The molecule has 1 aromatic carbocycles. The number of nitrogens with zero attached hydrogens (tertiary/aromatic N) is 7. The van der Waals surface area contributed by atoms with Crippen LogP contribution in [0.2, 0.25) is 0 Å². The molecular formula is C23H31N9O2. The van der Waals surface area contributed by atoms with Gasteiger partial charge in [-0.1, -0.05) is 42.2 Å². The minimum Gasteiger partial charge on any atom is -0.378 e. The number of hydrogen-bond donors (Lipinski definition) is 2. The third-order valence-electron chi connectivity index (χ3n) is 6.37. The van der Waals surface area contributed by atoms with Crippen LogP contribution in [0, 0.1) is 20.8 Å². The van der Waals surface area contributed by atoms with Crippen LogP contribution in [-0.4, -0.2) is 55.4 Å². The van der Waals surface area contributed by atoms with Crippen LogP contribution in [0.15, 0.2) is 21.9 Å². The molecule has 1 saturated carbocycles. The molecule has 1 aliphatic carbocycles. The van der Waals surface area contributed by atoms with E-state index in [-0.39, 0.29) is 17.3 Å². The second-order valence-electron chi connectivity index (χ2n) is 8.99. The molecule has 0 radical (unpaired) electrons. The molecular weight excluding hydrogens is 434 g/mol. The van der Waals surface area contributed by atoms with Gasteiger partial charge in [0.1, 0.15) is 0 Å². The Kier molecular flexibility index (Phi) is 7.01. The van der Waals surface area contributed by atoms with E-state index in [0.717, 1.165) is 29.5 Å². The third kappa shape index (κ3) is 4.98. The highest BCUT2D eigenvalue weighted by molar-refractivity contribution is 5.94. The van der Waals surface area contributed by atoms with Crippen LogP contribution in [0.25, 0.3) is 5.82 Å². The molecule has 11 nitrogen and oxygen atoms in total. The van der Waals surface area contributed by atoms with Crippen molar-refractivity contribution in [2.45, 2.75) is 65.5 Å². The number of benzene rings is 1. The van der Waals surface area contributed by atoms with Crippen molar-refractivity contribution in [1.82, 2.24) is 35.6 Å². The molecule has 0 spiro atoms. The summed E-state index contributed by atoms with van der Waals surface area (Å²) in [5.74, 6) is -0.193. The van der Waals surface area contributed by atoms with E-state index >= 15 is 0 Å². The summed E-state index contributed by atoms with van der Waals surface area (Å²) in [6, 6.07) is 4.58. The fraction of sp³-hybridized carbons (Fsp3) is 0.478. The lowest BCUT2D eigenvalue weighted by Gasteiger charge is -2.31. The minimum absolute atomic E-state index is 0.0711. The minimum atomic E-state index is -0.466. The Bertz CT molecular complexity index is 1170. The molecule has 3 aromatic rings. The summed E-state index contributed by atoms with van der Waals surface area (Å²) in [4.78, 5) is 15.3. The SMILES string of the molecule is Cc1cc(C)c(/C=N\NC(=O)c2nnn(-c3nonc3N)c2CN(C)C2CCCCC2)c(C)c1. The molecule has 0 saturated heterocycles. The number of carbonyl (C=O) groups excluding carboxylic acids is 1. The number of nitrogens with two attached hydrogens (primary N) is 1. The third-order valence-corrected chi connectivity index (χ3v) is 6.37. The van der Waals surface area contributed by atoms with E-state index in [1.165, 1.54) is 29.5 Å². The Hall–Kier alpha value is -3.60. The number of nitrogens with one attached hydrogen (secondary N) is 1. The number of nitrogen functional groups attached to an aromatic ring is 1. The van der Waals surface area contributed by atoms with E-state index < -0.39 is 5.91 Å². The molecule has 1 fully saturated rings. The van der Waals surface area contributed by atoms with Gasteiger partial charge in [0.2, 0.25) is 11.6 Å². The van der Waals surface area contributed by atoms with Crippen molar-refractivity contribution in [1.29, 1.82) is 0 Å². The summed E-state index contributed by atoms with van der Waals surface area (Å²) in [6.07, 6.45) is 7.55. The number of hydrogen-bond acceptors (Lipinski definition) is 9. The first-order valence-corrected chi connectivity index (χ1v) is 11.5. The van der Waals surface area contributed by atoms with Crippen molar-refractivity contribution >= 4 is 17.9 Å². The second kappa shape index (κ2) is 10.1. The molecule has 34 heavy (non-hydrogen) atoms. The van der Waals surface area contributed by atoms with Gasteiger partial charge in [-0.2, -0.15) is 9.78 Å². The molecule has 0 bridgehead atoms. The first-order valence-electron chi connectivity index (χ1n) is 11.5. The number of aryl methyl sites for hydroxylation is 3. The average molecular weight is 466 g/mol. The van der Waals surface area contributed by atoms with Gasteiger partial charge in [0.15, 0.2) is 5.69 Å². The zero-order valence-corrected chi connectivity index (χ0v) is 20.1. The van der Waals surface area contributed by atoms with Crippen LogP contribution in [0.1, 0.15) is 70.5 Å². The maximum Gasteiger partial charge on any atom is 0.293 e. The lowest BCUT2D eigenvalue weighted by Crippen LogP contribution is -2.34.